The molecule has 0 unspecified atom stereocenters. The standard InChI is InChI=1S/C25H21NO8S/c1-30-17-6-3-4-7-18(17)33-13-11-26-23(27)22(35-25(26)29)15-16-9-10-19(21(14-16)31-2)34-24(28)20-8-5-12-32-20/h3-10,12,14-15H,11,13H2,1-2H3/b22-15-. The molecule has 1 aliphatic rings. The molecule has 2 heterocycles. The van der Waals surface area contributed by atoms with Crippen LogP contribution >= 0.6 is 11.8 Å². The lowest BCUT2D eigenvalue weighted by molar-refractivity contribution is -0.123. The molecule has 0 spiro atoms. The first-order chi connectivity index (χ1) is 17.0. The monoisotopic (exact) mass is 495 g/mol. The van der Waals surface area contributed by atoms with Crippen molar-refractivity contribution in [2.24, 2.45) is 0 Å². The zero-order valence-corrected chi connectivity index (χ0v) is 19.7. The lowest BCUT2D eigenvalue weighted by Gasteiger charge is -2.14. The summed E-state index contributed by atoms with van der Waals surface area (Å²) >= 11 is 0.837. The molecule has 0 bridgehead atoms. The number of hydrogen-bond acceptors (Lipinski definition) is 9. The number of amides is 2. The molecule has 2 aromatic carbocycles. The molecule has 0 radical (unpaired) electrons. The van der Waals surface area contributed by atoms with Crippen LogP contribution in [-0.4, -0.2) is 49.4 Å². The van der Waals surface area contributed by atoms with E-state index in [-0.39, 0.29) is 40.6 Å². The number of imide groups is 1. The minimum Gasteiger partial charge on any atom is -0.493 e. The van der Waals surface area contributed by atoms with Crippen molar-refractivity contribution in [2.45, 2.75) is 0 Å². The van der Waals surface area contributed by atoms with Gasteiger partial charge in [0.1, 0.15) is 6.61 Å². The molecule has 1 saturated heterocycles. The summed E-state index contributed by atoms with van der Waals surface area (Å²) in [6, 6.07) is 15.0. The van der Waals surface area contributed by atoms with E-state index in [1.165, 1.54) is 32.6 Å². The van der Waals surface area contributed by atoms with E-state index in [0.29, 0.717) is 17.1 Å². The number of carbonyl (C=O) groups is 3. The largest absolute Gasteiger partial charge is 0.493 e. The number of rotatable bonds is 9. The summed E-state index contributed by atoms with van der Waals surface area (Å²) in [5.74, 6) is 0.523. The number of benzene rings is 2. The number of furan rings is 1. The van der Waals surface area contributed by atoms with Gasteiger partial charge in [-0.05, 0) is 59.8 Å². The zero-order chi connectivity index (χ0) is 24.8. The second-order valence-electron chi connectivity index (χ2n) is 7.11. The molecule has 0 N–H and O–H groups in total. The lowest BCUT2D eigenvalue weighted by atomic mass is 10.2. The normalized spacial score (nSPS) is 14.3. The fourth-order valence-electron chi connectivity index (χ4n) is 3.23. The van der Waals surface area contributed by atoms with Gasteiger partial charge in [-0.1, -0.05) is 18.2 Å². The number of esters is 1. The summed E-state index contributed by atoms with van der Waals surface area (Å²) in [6.45, 7) is 0.209. The quantitative estimate of drug-likeness (QED) is 0.239. The molecule has 10 heteroatoms. The Bertz CT molecular complexity index is 1270. The maximum atomic E-state index is 12.8. The molecule has 0 atom stereocenters. The summed E-state index contributed by atoms with van der Waals surface area (Å²) in [6.07, 6.45) is 2.95. The number of hydrogen-bond donors (Lipinski definition) is 0. The Morgan fingerprint density at radius 2 is 1.74 bits per heavy atom. The van der Waals surface area contributed by atoms with Gasteiger partial charge in [0, 0.05) is 0 Å². The molecule has 4 rings (SSSR count). The minimum absolute atomic E-state index is 0.0551. The summed E-state index contributed by atoms with van der Waals surface area (Å²) in [5.41, 5.74) is 0.593. The number of ether oxygens (including phenoxy) is 4. The van der Waals surface area contributed by atoms with Crippen LogP contribution in [0, 0.1) is 0 Å². The van der Waals surface area contributed by atoms with Crippen LogP contribution in [0.4, 0.5) is 4.79 Å². The van der Waals surface area contributed by atoms with Gasteiger partial charge >= 0.3 is 5.97 Å². The lowest BCUT2D eigenvalue weighted by Crippen LogP contribution is -2.32. The highest BCUT2D eigenvalue weighted by molar-refractivity contribution is 8.18. The van der Waals surface area contributed by atoms with E-state index >= 15 is 0 Å². The van der Waals surface area contributed by atoms with Gasteiger partial charge in [-0.25, -0.2) is 4.79 Å². The molecular formula is C25H21NO8S. The van der Waals surface area contributed by atoms with Gasteiger partial charge in [0.05, 0.1) is 31.9 Å². The third kappa shape index (κ3) is 5.49. The van der Waals surface area contributed by atoms with Crippen LogP contribution in [0.1, 0.15) is 16.1 Å². The second-order valence-corrected chi connectivity index (χ2v) is 8.10. The Hall–Kier alpha value is -4.18. The first kappa shape index (κ1) is 24.0. The molecular weight excluding hydrogens is 474 g/mol. The molecule has 1 fully saturated rings. The Balaban J connectivity index is 1.42. The van der Waals surface area contributed by atoms with Crippen LogP contribution in [0.15, 0.2) is 70.2 Å². The molecule has 9 nitrogen and oxygen atoms in total. The molecule has 1 aromatic heterocycles. The minimum atomic E-state index is -0.669. The van der Waals surface area contributed by atoms with Crippen molar-refractivity contribution in [1.29, 1.82) is 0 Å². The molecule has 35 heavy (non-hydrogen) atoms. The topological polar surface area (TPSA) is 105 Å². The predicted octanol–water partition coefficient (Wildman–Crippen LogP) is 4.63. The van der Waals surface area contributed by atoms with E-state index in [0.717, 1.165) is 16.7 Å². The summed E-state index contributed by atoms with van der Waals surface area (Å²) in [4.78, 5) is 38.8. The van der Waals surface area contributed by atoms with Gasteiger partial charge in [-0.2, -0.15) is 0 Å². The average molecular weight is 496 g/mol. The molecule has 0 saturated carbocycles. The van der Waals surface area contributed by atoms with E-state index in [1.807, 2.05) is 6.07 Å². The highest BCUT2D eigenvalue weighted by Crippen LogP contribution is 2.35. The average Bonchev–Trinajstić information content (AvgIpc) is 3.50. The number of thioether (sulfide) groups is 1. The fourth-order valence-corrected chi connectivity index (χ4v) is 4.10. The Morgan fingerprint density at radius 3 is 2.46 bits per heavy atom. The van der Waals surface area contributed by atoms with E-state index in [4.69, 9.17) is 23.4 Å². The third-order valence-corrected chi connectivity index (χ3v) is 5.83. The number of para-hydroxylation sites is 2. The van der Waals surface area contributed by atoms with Crippen molar-refractivity contribution in [3.8, 4) is 23.0 Å². The van der Waals surface area contributed by atoms with Crippen LogP contribution < -0.4 is 18.9 Å². The Morgan fingerprint density at radius 1 is 0.971 bits per heavy atom. The number of carbonyl (C=O) groups excluding carboxylic acids is 3. The van der Waals surface area contributed by atoms with E-state index in [2.05, 4.69) is 0 Å². The van der Waals surface area contributed by atoms with Gasteiger partial charge in [-0.15, -0.1) is 0 Å². The van der Waals surface area contributed by atoms with Crippen molar-refractivity contribution in [3.63, 3.8) is 0 Å². The van der Waals surface area contributed by atoms with Crippen LogP contribution in [-0.2, 0) is 4.79 Å². The van der Waals surface area contributed by atoms with Crippen LogP contribution in [0.3, 0.4) is 0 Å². The maximum absolute atomic E-state index is 12.8. The zero-order valence-electron chi connectivity index (χ0n) is 18.9. The van der Waals surface area contributed by atoms with Crippen molar-refractivity contribution in [1.82, 2.24) is 4.90 Å². The van der Waals surface area contributed by atoms with Crippen molar-refractivity contribution in [3.05, 3.63) is 77.1 Å². The SMILES string of the molecule is COc1ccccc1OCCN1C(=O)S/C(=C\c2ccc(OC(=O)c3ccco3)c(OC)c2)C1=O. The highest BCUT2D eigenvalue weighted by Gasteiger charge is 2.35. The number of nitrogens with zero attached hydrogens (tertiary/aromatic N) is 1. The summed E-state index contributed by atoms with van der Waals surface area (Å²) < 4.78 is 26.6. The van der Waals surface area contributed by atoms with Gasteiger partial charge in [0.25, 0.3) is 11.1 Å². The molecule has 180 valence electrons. The highest BCUT2D eigenvalue weighted by atomic mass is 32.2. The van der Waals surface area contributed by atoms with Gasteiger partial charge in [-0.3, -0.25) is 14.5 Å². The van der Waals surface area contributed by atoms with Gasteiger partial charge in [0.2, 0.25) is 5.76 Å². The van der Waals surface area contributed by atoms with Crippen LogP contribution in [0.5, 0.6) is 23.0 Å². The van der Waals surface area contributed by atoms with Crippen molar-refractivity contribution in [2.75, 3.05) is 27.4 Å². The molecule has 2 amide bonds. The summed E-state index contributed by atoms with van der Waals surface area (Å²) in [7, 11) is 2.97. The third-order valence-electron chi connectivity index (χ3n) is 4.93. The smallest absolute Gasteiger partial charge is 0.379 e. The van der Waals surface area contributed by atoms with Crippen LogP contribution in [0.2, 0.25) is 0 Å². The van der Waals surface area contributed by atoms with Crippen molar-refractivity contribution < 1.29 is 37.7 Å². The first-order valence-corrected chi connectivity index (χ1v) is 11.3. The first-order valence-electron chi connectivity index (χ1n) is 10.4. The van der Waals surface area contributed by atoms with E-state index in [9.17, 15) is 14.4 Å². The van der Waals surface area contributed by atoms with Gasteiger partial charge in [0.15, 0.2) is 23.0 Å². The predicted molar refractivity (Wildman–Crippen MR) is 128 cm³/mol. The van der Waals surface area contributed by atoms with Gasteiger partial charge < -0.3 is 23.4 Å². The van der Waals surface area contributed by atoms with Crippen LogP contribution in [0.25, 0.3) is 6.08 Å². The second kappa shape index (κ2) is 10.8. The Labute approximate surface area is 205 Å². The van der Waals surface area contributed by atoms with E-state index < -0.39 is 11.9 Å². The molecule has 3 aromatic rings. The fraction of sp³-hybridized carbons (Fsp3) is 0.160. The summed E-state index contributed by atoms with van der Waals surface area (Å²) in [5, 5.41) is -0.388. The molecule has 0 aliphatic carbocycles. The Kier molecular flexibility index (Phi) is 7.41. The van der Waals surface area contributed by atoms with E-state index in [1.54, 1.807) is 42.5 Å². The van der Waals surface area contributed by atoms with Crippen molar-refractivity contribution >= 4 is 35.0 Å². The number of methoxy groups -OCH3 is 2. The molecule has 1 aliphatic heterocycles. The maximum Gasteiger partial charge on any atom is 0.379 e.